The molecule has 4 amide bonds. The second-order valence-electron chi connectivity index (χ2n) is 13.3. The molecular formula is C34H43ClF3N7O3. The van der Waals surface area contributed by atoms with Gasteiger partial charge in [-0.2, -0.15) is 13.2 Å². The van der Waals surface area contributed by atoms with E-state index in [-0.39, 0.29) is 47.3 Å². The Bertz CT molecular complexity index is 1500. The number of fused-ring (bicyclic) bond motifs is 1. The van der Waals surface area contributed by atoms with Crippen molar-refractivity contribution in [3.8, 4) is 0 Å². The van der Waals surface area contributed by atoms with Gasteiger partial charge in [0.15, 0.2) is 0 Å². The van der Waals surface area contributed by atoms with Crippen LogP contribution in [0.2, 0.25) is 5.02 Å². The van der Waals surface area contributed by atoms with E-state index in [2.05, 4.69) is 15.5 Å². The lowest BCUT2D eigenvalue weighted by atomic mass is 9.91. The van der Waals surface area contributed by atoms with Crippen LogP contribution in [-0.4, -0.2) is 102 Å². The number of piperidine rings is 2. The first-order valence-corrected chi connectivity index (χ1v) is 17.2. The average molecular weight is 690 g/mol. The van der Waals surface area contributed by atoms with E-state index in [1.807, 2.05) is 29.2 Å². The monoisotopic (exact) mass is 689 g/mol. The Morgan fingerprint density at radius 2 is 1.58 bits per heavy atom. The Morgan fingerprint density at radius 1 is 0.938 bits per heavy atom. The van der Waals surface area contributed by atoms with Gasteiger partial charge in [-0.3, -0.25) is 14.5 Å². The third-order valence-corrected chi connectivity index (χ3v) is 10.6. The Morgan fingerprint density at radius 3 is 2.27 bits per heavy atom. The number of para-hydroxylation sites is 1. The Hall–Kier alpha value is -3.55. The number of piperazine rings is 1. The first kappa shape index (κ1) is 34.3. The summed E-state index contributed by atoms with van der Waals surface area (Å²) in [5.74, 6) is -1.33. The van der Waals surface area contributed by atoms with Crippen LogP contribution in [0.25, 0.3) is 0 Å². The second-order valence-corrected chi connectivity index (χ2v) is 13.7. The highest BCUT2D eigenvalue weighted by Crippen LogP contribution is 2.39. The van der Waals surface area contributed by atoms with E-state index in [4.69, 9.17) is 17.3 Å². The van der Waals surface area contributed by atoms with Gasteiger partial charge in [-0.15, -0.1) is 0 Å². The van der Waals surface area contributed by atoms with Crippen molar-refractivity contribution in [1.29, 1.82) is 0 Å². The van der Waals surface area contributed by atoms with Gasteiger partial charge in [0.05, 0.1) is 22.2 Å². The van der Waals surface area contributed by atoms with E-state index < -0.39 is 23.3 Å². The van der Waals surface area contributed by atoms with Crippen LogP contribution in [0.4, 0.5) is 29.3 Å². The minimum Gasteiger partial charge on any atom is -0.397 e. The molecule has 2 aromatic carbocycles. The van der Waals surface area contributed by atoms with Gasteiger partial charge < -0.3 is 31.1 Å². The number of benzene rings is 2. The number of nitrogens with two attached hydrogens (primary N) is 1. The number of anilines is 2. The van der Waals surface area contributed by atoms with Crippen LogP contribution in [0, 0.1) is 5.92 Å². The summed E-state index contributed by atoms with van der Waals surface area (Å²) in [7, 11) is 0. The summed E-state index contributed by atoms with van der Waals surface area (Å²) in [5.41, 5.74) is 6.11. The largest absolute Gasteiger partial charge is 0.418 e. The van der Waals surface area contributed by atoms with Crippen LogP contribution in [0.5, 0.6) is 0 Å². The highest BCUT2D eigenvalue weighted by Gasteiger charge is 2.38. The fourth-order valence-corrected chi connectivity index (χ4v) is 7.84. The number of halogens is 4. The third-order valence-electron chi connectivity index (χ3n) is 10.3. The molecule has 3 fully saturated rings. The summed E-state index contributed by atoms with van der Waals surface area (Å²) < 4.78 is 41.4. The summed E-state index contributed by atoms with van der Waals surface area (Å²) in [6.45, 7) is 6.17. The van der Waals surface area contributed by atoms with Gasteiger partial charge in [0.1, 0.15) is 0 Å². The van der Waals surface area contributed by atoms with Crippen LogP contribution >= 0.6 is 11.6 Å². The first-order chi connectivity index (χ1) is 23.0. The number of nitrogen functional groups attached to an aromatic ring is 1. The van der Waals surface area contributed by atoms with Crippen molar-refractivity contribution in [2.24, 2.45) is 5.92 Å². The number of nitrogens with zero attached hydrogens (tertiary/aromatic N) is 4. The molecule has 4 aliphatic rings. The molecule has 48 heavy (non-hydrogen) atoms. The quantitative estimate of drug-likeness (QED) is 0.371. The molecule has 4 heterocycles. The van der Waals surface area contributed by atoms with Crippen LogP contribution < -0.4 is 16.4 Å². The minimum absolute atomic E-state index is 0.0467. The SMILES string of the molecule is Nc1c(Cl)cc(CC(CC(=O)N2CCC(N3Cc4ccccc4NC3=O)CC2)C(=O)N2CCC(N3CCNCC3)CC2)cc1C(F)(F)F. The Balaban J connectivity index is 1.13. The number of alkyl halides is 3. The van der Waals surface area contributed by atoms with Crippen LogP contribution in [-0.2, 0) is 28.7 Å². The van der Waals surface area contributed by atoms with Crippen molar-refractivity contribution in [3.05, 3.63) is 58.1 Å². The zero-order valence-corrected chi connectivity index (χ0v) is 27.7. The van der Waals surface area contributed by atoms with Gasteiger partial charge in [-0.25, -0.2) is 4.79 Å². The molecule has 1 unspecified atom stereocenters. The zero-order valence-electron chi connectivity index (χ0n) is 26.9. The first-order valence-electron chi connectivity index (χ1n) is 16.8. The number of hydrogen-bond acceptors (Lipinski definition) is 6. The standard InChI is InChI=1S/C34H43ClF3N7O3/c35-28-19-22(18-27(31(28)39)34(36,37)38)17-24(32(47)44-13-5-25(6-14-44)42-15-9-40-10-16-42)20-30(46)43-11-7-26(8-12-43)45-21-23-3-1-2-4-29(23)41-33(45)48/h1-4,18-19,24-26,40H,5-17,20-21,39H2,(H,41,48). The number of likely N-dealkylation sites (tertiary alicyclic amines) is 2. The molecule has 4 N–H and O–H groups in total. The van der Waals surface area contributed by atoms with Gasteiger partial charge in [-0.05, 0) is 61.4 Å². The highest BCUT2D eigenvalue weighted by atomic mass is 35.5. The number of urea groups is 1. The molecular weight excluding hydrogens is 647 g/mol. The fourth-order valence-electron chi connectivity index (χ4n) is 7.60. The van der Waals surface area contributed by atoms with Gasteiger partial charge in [0, 0.05) is 83.1 Å². The second kappa shape index (κ2) is 14.5. The van der Waals surface area contributed by atoms with Gasteiger partial charge >= 0.3 is 12.2 Å². The third kappa shape index (κ3) is 7.68. The van der Waals surface area contributed by atoms with Gasteiger partial charge in [0.2, 0.25) is 11.8 Å². The Kier molecular flexibility index (Phi) is 10.4. The molecule has 3 saturated heterocycles. The molecule has 0 saturated carbocycles. The van der Waals surface area contributed by atoms with E-state index in [1.165, 1.54) is 6.07 Å². The molecule has 10 nitrogen and oxygen atoms in total. The molecule has 1 atom stereocenters. The maximum Gasteiger partial charge on any atom is 0.418 e. The molecule has 0 aromatic heterocycles. The number of hydrogen-bond donors (Lipinski definition) is 3. The van der Waals surface area contributed by atoms with Crippen molar-refractivity contribution in [2.45, 2.75) is 63.3 Å². The molecule has 4 aliphatic heterocycles. The summed E-state index contributed by atoms with van der Waals surface area (Å²) in [6.07, 6.45) is -2.15. The fraction of sp³-hybridized carbons (Fsp3) is 0.559. The lowest BCUT2D eigenvalue weighted by molar-refractivity contribution is -0.143. The summed E-state index contributed by atoms with van der Waals surface area (Å²) in [6, 6.07) is 10.1. The van der Waals surface area contributed by atoms with E-state index in [1.54, 1.807) is 9.80 Å². The van der Waals surface area contributed by atoms with Crippen molar-refractivity contribution >= 4 is 40.8 Å². The normalized spacial score (nSPS) is 20.8. The van der Waals surface area contributed by atoms with E-state index >= 15 is 0 Å². The average Bonchev–Trinajstić information content (AvgIpc) is 3.09. The van der Waals surface area contributed by atoms with Crippen molar-refractivity contribution < 1.29 is 27.6 Å². The van der Waals surface area contributed by atoms with Crippen molar-refractivity contribution in [2.75, 3.05) is 63.4 Å². The maximum absolute atomic E-state index is 14.0. The van der Waals surface area contributed by atoms with Crippen LogP contribution in [0.15, 0.2) is 36.4 Å². The summed E-state index contributed by atoms with van der Waals surface area (Å²) in [5, 5.41) is 6.07. The van der Waals surface area contributed by atoms with Crippen LogP contribution in [0.3, 0.4) is 0 Å². The number of rotatable bonds is 7. The predicted octanol–water partition coefficient (Wildman–Crippen LogP) is 4.42. The lowest BCUT2D eigenvalue weighted by Crippen LogP contribution is -2.53. The number of carbonyl (C=O) groups excluding carboxylic acids is 3. The highest BCUT2D eigenvalue weighted by molar-refractivity contribution is 6.33. The summed E-state index contributed by atoms with van der Waals surface area (Å²) in [4.78, 5) is 48.3. The molecule has 0 bridgehead atoms. The van der Waals surface area contributed by atoms with Gasteiger partial charge in [-0.1, -0.05) is 29.8 Å². The lowest BCUT2D eigenvalue weighted by Gasteiger charge is -2.42. The summed E-state index contributed by atoms with van der Waals surface area (Å²) >= 11 is 6.13. The molecule has 260 valence electrons. The topological polar surface area (TPSA) is 114 Å². The Labute approximate surface area is 283 Å². The number of amides is 4. The van der Waals surface area contributed by atoms with E-state index in [0.29, 0.717) is 51.6 Å². The molecule has 14 heteroatoms. The van der Waals surface area contributed by atoms with Crippen molar-refractivity contribution in [1.82, 2.24) is 24.9 Å². The molecule has 0 aliphatic carbocycles. The minimum atomic E-state index is -4.72. The molecule has 2 aromatic rings. The number of nitrogens with one attached hydrogen (secondary N) is 2. The van der Waals surface area contributed by atoms with E-state index in [9.17, 15) is 27.6 Å². The maximum atomic E-state index is 14.0. The van der Waals surface area contributed by atoms with Gasteiger partial charge in [0.25, 0.3) is 0 Å². The zero-order chi connectivity index (χ0) is 34.0. The predicted molar refractivity (Wildman–Crippen MR) is 177 cm³/mol. The molecule has 0 spiro atoms. The van der Waals surface area contributed by atoms with Crippen molar-refractivity contribution in [3.63, 3.8) is 0 Å². The number of carbonyl (C=O) groups is 3. The molecule has 0 radical (unpaired) electrons. The van der Waals surface area contributed by atoms with Crippen LogP contribution in [0.1, 0.15) is 48.8 Å². The van der Waals surface area contributed by atoms with E-state index in [0.717, 1.165) is 56.3 Å². The molecule has 6 rings (SSSR count). The smallest absolute Gasteiger partial charge is 0.397 e.